The van der Waals surface area contributed by atoms with Crippen LogP contribution in [-0.4, -0.2) is 17.7 Å². The first-order valence-corrected chi connectivity index (χ1v) is 7.34. The largest absolute Gasteiger partial charge is 0.398 e. The molecule has 0 saturated carbocycles. The molecule has 1 aromatic rings. The molecule has 18 heavy (non-hydrogen) atoms. The lowest BCUT2D eigenvalue weighted by Crippen LogP contribution is -2.35. The Morgan fingerprint density at radius 2 is 2.06 bits per heavy atom. The molecular formula is C14H22N2OS. The highest BCUT2D eigenvalue weighted by molar-refractivity contribution is 8.00. The summed E-state index contributed by atoms with van der Waals surface area (Å²) in [4.78, 5) is 12.9. The minimum Gasteiger partial charge on any atom is -0.398 e. The van der Waals surface area contributed by atoms with Crippen molar-refractivity contribution in [1.29, 1.82) is 0 Å². The van der Waals surface area contributed by atoms with Crippen LogP contribution < -0.4 is 11.1 Å². The van der Waals surface area contributed by atoms with Crippen LogP contribution in [0.2, 0.25) is 0 Å². The van der Waals surface area contributed by atoms with Crippen LogP contribution in [0, 0.1) is 6.92 Å². The predicted octanol–water partition coefficient (Wildman–Crippen LogP) is 2.97. The Balaban J connectivity index is 2.50. The van der Waals surface area contributed by atoms with Gasteiger partial charge in [0.15, 0.2) is 0 Å². The molecule has 0 spiro atoms. The molecule has 0 radical (unpaired) electrons. The van der Waals surface area contributed by atoms with Crippen LogP contribution in [0.3, 0.4) is 0 Å². The number of nitrogens with one attached hydrogen (secondary N) is 1. The van der Waals surface area contributed by atoms with Crippen molar-refractivity contribution < 1.29 is 4.79 Å². The van der Waals surface area contributed by atoms with E-state index in [2.05, 4.69) is 19.2 Å². The Hall–Kier alpha value is -1.16. The van der Waals surface area contributed by atoms with Crippen LogP contribution >= 0.6 is 11.8 Å². The van der Waals surface area contributed by atoms with Crippen molar-refractivity contribution in [2.75, 3.05) is 11.5 Å². The van der Waals surface area contributed by atoms with Crippen LogP contribution in [0.25, 0.3) is 0 Å². The number of nitrogens with two attached hydrogens (primary N) is 1. The Morgan fingerprint density at radius 3 is 2.67 bits per heavy atom. The number of amides is 1. The van der Waals surface area contributed by atoms with Gasteiger partial charge in [0.25, 0.3) is 0 Å². The normalized spacial score (nSPS) is 10.7. The monoisotopic (exact) mass is 266 g/mol. The number of hydrogen-bond donors (Lipinski definition) is 2. The second-order valence-corrected chi connectivity index (χ2v) is 5.36. The van der Waals surface area contributed by atoms with Gasteiger partial charge in [0.1, 0.15) is 0 Å². The number of benzene rings is 1. The predicted molar refractivity (Wildman–Crippen MR) is 78.8 cm³/mol. The number of carbonyl (C=O) groups excluding carboxylic acids is 1. The topological polar surface area (TPSA) is 55.1 Å². The van der Waals surface area contributed by atoms with Crippen LogP contribution in [0.15, 0.2) is 23.1 Å². The molecule has 4 heteroatoms. The summed E-state index contributed by atoms with van der Waals surface area (Å²) in [5.41, 5.74) is 7.67. The fourth-order valence-corrected chi connectivity index (χ4v) is 2.57. The molecule has 0 aliphatic heterocycles. The number of carbonyl (C=O) groups is 1. The molecule has 1 aromatic carbocycles. The van der Waals surface area contributed by atoms with Gasteiger partial charge in [-0.25, -0.2) is 0 Å². The van der Waals surface area contributed by atoms with Gasteiger partial charge in [-0.2, -0.15) is 0 Å². The maximum Gasteiger partial charge on any atom is 0.230 e. The van der Waals surface area contributed by atoms with E-state index < -0.39 is 0 Å². The average molecular weight is 266 g/mol. The Bertz CT molecular complexity index is 403. The van der Waals surface area contributed by atoms with Gasteiger partial charge in [0.2, 0.25) is 5.91 Å². The molecule has 0 heterocycles. The average Bonchev–Trinajstić information content (AvgIpc) is 2.37. The van der Waals surface area contributed by atoms with Crippen molar-refractivity contribution in [3.8, 4) is 0 Å². The molecule has 0 saturated heterocycles. The van der Waals surface area contributed by atoms with Gasteiger partial charge in [0, 0.05) is 16.6 Å². The highest BCUT2D eigenvalue weighted by Crippen LogP contribution is 2.25. The molecule has 0 aromatic heterocycles. The maximum absolute atomic E-state index is 11.8. The summed E-state index contributed by atoms with van der Waals surface area (Å²) in [6, 6.07) is 6.09. The first kappa shape index (κ1) is 14.9. The lowest BCUT2D eigenvalue weighted by Gasteiger charge is -2.14. The van der Waals surface area contributed by atoms with Gasteiger partial charge in [-0.15, -0.1) is 11.8 Å². The maximum atomic E-state index is 11.8. The number of anilines is 1. The van der Waals surface area contributed by atoms with Crippen LogP contribution in [0.1, 0.15) is 32.3 Å². The Kier molecular flexibility index (Phi) is 6.05. The van der Waals surface area contributed by atoms with E-state index in [1.54, 1.807) is 11.8 Å². The minimum absolute atomic E-state index is 0.0931. The summed E-state index contributed by atoms with van der Waals surface area (Å²) >= 11 is 1.54. The summed E-state index contributed by atoms with van der Waals surface area (Å²) in [7, 11) is 0. The highest BCUT2D eigenvalue weighted by Gasteiger charge is 2.09. The van der Waals surface area contributed by atoms with Crippen molar-refractivity contribution in [1.82, 2.24) is 5.32 Å². The van der Waals surface area contributed by atoms with Crippen molar-refractivity contribution in [3.63, 3.8) is 0 Å². The summed E-state index contributed by atoms with van der Waals surface area (Å²) < 4.78 is 0. The van der Waals surface area contributed by atoms with E-state index in [1.807, 2.05) is 25.1 Å². The number of hydrogen-bond acceptors (Lipinski definition) is 3. The first-order valence-electron chi connectivity index (χ1n) is 6.35. The molecule has 100 valence electrons. The standard InChI is InChI=1S/C14H22N2OS/c1-4-11(5-2)16-14(17)9-18-13-8-6-7-12(15)10(13)3/h6-8,11H,4-5,9,15H2,1-3H3,(H,16,17). The molecule has 0 unspecified atom stereocenters. The molecular weight excluding hydrogens is 244 g/mol. The molecule has 1 amide bonds. The molecule has 0 aliphatic rings. The molecule has 0 bridgehead atoms. The third-order valence-corrected chi connectivity index (χ3v) is 4.20. The van der Waals surface area contributed by atoms with Gasteiger partial charge in [0.05, 0.1) is 5.75 Å². The molecule has 0 atom stereocenters. The van der Waals surface area contributed by atoms with E-state index in [4.69, 9.17) is 5.73 Å². The van der Waals surface area contributed by atoms with Gasteiger partial charge < -0.3 is 11.1 Å². The quantitative estimate of drug-likeness (QED) is 0.615. The van der Waals surface area contributed by atoms with E-state index in [9.17, 15) is 4.79 Å². The summed E-state index contributed by atoms with van der Waals surface area (Å²) in [6.45, 7) is 6.16. The third kappa shape index (κ3) is 4.26. The smallest absolute Gasteiger partial charge is 0.230 e. The Labute approximate surface area is 114 Å². The first-order chi connectivity index (χ1) is 8.58. The van der Waals surface area contributed by atoms with Crippen LogP contribution in [0.5, 0.6) is 0 Å². The summed E-state index contributed by atoms with van der Waals surface area (Å²) in [5.74, 6) is 0.538. The second kappa shape index (κ2) is 7.31. The Morgan fingerprint density at radius 1 is 1.39 bits per heavy atom. The number of thioether (sulfide) groups is 1. The molecule has 3 N–H and O–H groups in total. The molecule has 0 aliphatic carbocycles. The summed E-state index contributed by atoms with van der Waals surface area (Å²) in [6.07, 6.45) is 1.95. The fraction of sp³-hybridized carbons (Fsp3) is 0.500. The van der Waals surface area contributed by atoms with Crippen molar-refractivity contribution in [3.05, 3.63) is 23.8 Å². The van der Waals surface area contributed by atoms with Gasteiger partial charge in [-0.1, -0.05) is 19.9 Å². The van der Waals surface area contributed by atoms with Crippen molar-refractivity contribution in [2.45, 2.75) is 44.6 Å². The summed E-state index contributed by atoms with van der Waals surface area (Å²) in [5, 5.41) is 3.03. The van der Waals surface area contributed by atoms with E-state index in [1.165, 1.54) is 0 Å². The third-order valence-electron chi connectivity index (χ3n) is 3.04. The van der Waals surface area contributed by atoms with E-state index in [0.717, 1.165) is 29.0 Å². The van der Waals surface area contributed by atoms with E-state index in [0.29, 0.717) is 11.8 Å². The lowest BCUT2D eigenvalue weighted by atomic mass is 10.2. The van der Waals surface area contributed by atoms with Crippen molar-refractivity contribution >= 4 is 23.4 Å². The van der Waals surface area contributed by atoms with E-state index in [-0.39, 0.29) is 5.91 Å². The SMILES string of the molecule is CCC(CC)NC(=O)CSc1cccc(N)c1C. The zero-order chi connectivity index (χ0) is 13.5. The highest BCUT2D eigenvalue weighted by atomic mass is 32.2. The van der Waals surface area contributed by atoms with Crippen LogP contribution in [0.4, 0.5) is 5.69 Å². The van der Waals surface area contributed by atoms with Gasteiger partial charge in [-0.3, -0.25) is 4.79 Å². The number of rotatable bonds is 6. The molecule has 0 fully saturated rings. The zero-order valence-corrected chi connectivity index (χ0v) is 12.1. The zero-order valence-electron chi connectivity index (χ0n) is 11.3. The van der Waals surface area contributed by atoms with E-state index >= 15 is 0 Å². The molecule has 1 rings (SSSR count). The van der Waals surface area contributed by atoms with Gasteiger partial charge >= 0.3 is 0 Å². The number of nitrogen functional groups attached to an aromatic ring is 1. The molecule has 3 nitrogen and oxygen atoms in total. The fourth-order valence-electron chi connectivity index (χ4n) is 1.69. The minimum atomic E-state index is 0.0931. The van der Waals surface area contributed by atoms with Gasteiger partial charge in [-0.05, 0) is 37.5 Å². The lowest BCUT2D eigenvalue weighted by molar-refractivity contribution is -0.119. The second-order valence-electron chi connectivity index (χ2n) is 4.34. The van der Waals surface area contributed by atoms with Crippen LogP contribution in [-0.2, 0) is 4.79 Å². The van der Waals surface area contributed by atoms with Crippen molar-refractivity contribution in [2.24, 2.45) is 0 Å².